The van der Waals surface area contributed by atoms with Gasteiger partial charge in [0.25, 0.3) is 10.1 Å². The molecular weight excluding hydrogens is 202 g/mol. The van der Waals surface area contributed by atoms with E-state index in [4.69, 9.17) is 4.18 Å². The zero-order valence-corrected chi connectivity index (χ0v) is 10.1. The van der Waals surface area contributed by atoms with Gasteiger partial charge in [0.2, 0.25) is 0 Å². The molecule has 1 aliphatic rings. The van der Waals surface area contributed by atoms with Crippen molar-refractivity contribution in [2.45, 2.75) is 38.8 Å². The van der Waals surface area contributed by atoms with Crippen LogP contribution in [0, 0.1) is 0 Å². The molecule has 0 aromatic rings. The highest BCUT2D eigenvalue weighted by Gasteiger charge is 2.36. The third-order valence-corrected chi connectivity index (χ3v) is 3.04. The van der Waals surface area contributed by atoms with E-state index in [1.54, 1.807) is 0 Å². The van der Waals surface area contributed by atoms with Gasteiger partial charge in [0.05, 0.1) is 12.9 Å². The van der Waals surface area contributed by atoms with Crippen LogP contribution in [-0.4, -0.2) is 44.3 Å². The largest absolute Gasteiger partial charge is 0.293 e. The van der Waals surface area contributed by atoms with Crippen molar-refractivity contribution >= 4 is 10.1 Å². The van der Waals surface area contributed by atoms with Gasteiger partial charge in [0.15, 0.2) is 0 Å². The zero-order valence-electron chi connectivity index (χ0n) is 9.28. The van der Waals surface area contributed by atoms with Crippen molar-refractivity contribution in [2.24, 2.45) is 0 Å². The molecule has 0 aromatic carbocycles. The fraction of sp³-hybridized carbons (Fsp3) is 1.00. The average Bonchev–Trinajstić information content (AvgIpc) is 1.76. The zero-order chi connectivity index (χ0) is 11.0. The quantitative estimate of drug-likeness (QED) is 0.662. The van der Waals surface area contributed by atoms with Crippen molar-refractivity contribution in [3.8, 4) is 0 Å². The van der Waals surface area contributed by atoms with Gasteiger partial charge in [-0.1, -0.05) is 0 Å². The van der Waals surface area contributed by atoms with Crippen LogP contribution >= 0.6 is 0 Å². The summed E-state index contributed by atoms with van der Waals surface area (Å²) in [6.45, 7) is 7.69. The van der Waals surface area contributed by atoms with Gasteiger partial charge in [0.1, 0.15) is 0 Å². The molecule has 0 bridgehead atoms. The van der Waals surface area contributed by atoms with Crippen LogP contribution in [0.25, 0.3) is 0 Å². The van der Waals surface area contributed by atoms with Crippen LogP contribution in [0.15, 0.2) is 0 Å². The first kappa shape index (κ1) is 11.9. The van der Waals surface area contributed by atoms with Crippen LogP contribution in [0.1, 0.15) is 27.2 Å². The van der Waals surface area contributed by atoms with E-state index in [1.165, 1.54) is 0 Å². The summed E-state index contributed by atoms with van der Waals surface area (Å²) in [4.78, 5) is 2.26. The van der Waals surface area contributed by atoms with E-state index in [1.807, 2.05) is 0 Å². The Bertz CT molecular complexity index is 292. The second kappa shape index (κ2) is 3.79. The van der Waals surface area contributed by atoms with E-state index in [0.717, 1.165) is 19.2 Å². The Morgan fingerprint density at radius 1 is 1.43 bits per heavy atom. The van der Waals surface area contributed by atoms with Crippen molar-refractivity contribution in [1.29, 1.82) is 0 Å². The highest BCUT2D eigenvalue weighted by Crippen LogP contribution is 2.27. The number of likely N-dealkylation sites (tertiary alicyclic amines) is 1. The van der Waals surface area contributed by atoms with Gasteiger partial charge in [-0.15, -0.1) is 0 Å². The normalized spacial score (nSPS) is 24.7. The molecule has 14 heavy (non-hydrogen) atoms. The van der Waals surface area contributed by atoms with Gasteiger partial charge in [-0.2, -0.15) is 8.42 Å². The topological polar surface area (TPSA) is 46.6 Å². The molecule has 0 saturated carbocycles. The molecule has 0 radical (unpaired) electrons. The number of hydrogen-bond acceptors (Lipinski definition) is 4. The van der Waals surface area contributed by atoms with Crippen LogP contribution in [0.3, 0.4) is 0 Å². The molecule has 0 N–H and O–H groups in total. The Balaban J connectivity index is 2.41. The highest BCUT2D eigenvalue weighted by atomic mass is 32.2. The number of nitrogens with zero attached hydrogens (tertiary/aromatic N) is 1. The minimum atomic E-state index is -3.29. The maximum Gasteiger partial charge on any atom is 0.264 e. The lowest BCUT2D eigenvalue weighted by Gasteiger charge is -2.49. The lowest BCUT2D eigenvalue weighted by atomic mass is 9.94. The van der Waals surface area contributed by atoms with Crippen LogP contribution in [0.4, 0.5) is 0 Å². The Kier molecular flexibility index (Phi) is 3.23. The molecule has 0 amide bonds. The molecule has 1 fully saturated rings. The Morgan fingerprint density at radius 3 is 2.29 bits per heavy atom. The van der Waals surface area contributed by atoms with Crippen molar-refractivity contribution in [3.05, 3.63) is 0 Å². The van der Waals surface area contributed by atoms with Crippen LogP contribution in [0.2, 0.25) is 0 Å². The predicted octanol–water partition coefficient (Wildman–Crippen LogP) is 0.835. The molecule has 0 aliphatic carbocycles. The molecule has 1 unspecified atom stereocenters. The van der Waals surface area contributed by atoms with Gasteiger partial charge in [0, 0.05) is 18.1 Å². The first-order valence-electron chi connectivity index (χ1n) is 4.81. The molecule has 0 spiro atoms. The molecule has 5 heteroatoms. The second-order valence-electron chi connectivity index (χ2n) is 4.80. The van der Waals surface area contributed by atoms with E-state index in [-0.39, 0.29) is 18.2 Å². The molecule has 0 aromatic heterocycles. The van der Waals surface area contributed by atoms with Crippen molar-refractivity contribution in [3.63, 3.8) is 0 Å². The first-order valence-corrected chi connectivity index (χ1v) is 6.63. The van der Waals surface area contributed by atoms with Gasteiger partial charge < -0.3 is 0 Å². The summed E-state index contributed by atoms with van der Waals surface area (Å²) in [5.41, 5.74) is 0.101. The molecule has 4 nitrogen and oxygen atoms in total. The van der Waals surface area contributed by atoms with Crippen LogP contribution in [0.5, 0.6) is 0 Å². The van der Waals surface area contributed by atoms with Crippen LogP contribution in [-0.2, 0) is 14.3 Å². The van der Waals surface area contributed by atoms with Crippen molar-refractivity contribution in [2.75, 3.05) is 19.4 Å². The maximum absolute atomic E-state index is 10.8. The lowest BCUT2D eigenvalue weighted by molar-refractivity contribution is -0.0196. The number of rotatable bonds is 3. The van der Waals surface area contributed by atoms with Crippen molar-refractivity contribution in [1.82, 2.24) is 4.90 Å². The van der Waals surface area contributed by atoms with Crippen LogP contribution < -0.4 is 0 Å². The third-order valence-electron chi connectivity index (χ3n) is 2.48. The molecule has 1 saturated heterocycles. The van der Waals surface area contributed by atoms with Gasteiger partial charge in [-0.05, 0) is 27.2 Å². The fourth-order valence-corrected chi connectivity index (χ4v) is 2.10. The van der Waals surface area contributed by atoms with E-state index in [0.29, 0.717) is 0 Å². The Labute approximate surface area is 86.4 Å². The Hall–Kier alpha value is -0.130. The monoisotopic (exact) mass is 221 g/mol. The summed E-state index contributed by atoms with van der Waals surface area (Å²) in [6.07, 6.45) is 2.11. The minimum absolute atomic E-state index is 0.101. The molecule has 1 heterocycles. The first-order chi connectivity index (χ1) is 6.20. The summed E-state index contributed by atoms with van der Waals surface area (Å²) in [5, 5.41) is 0. The summed E-state index contributed by atoms with van der Waals surface area (Å²) in [5.74, 6) is 0. The van der Waals surface area contributed by atoms with E-state index < -0.39 is 10.1 Å². The fourth-order valence-electron chi connectivity index (χ4n) is 1.70. The smallest absolute Gasteiger partial charge is 0.264 e. The standard InChI is InChI=1S/C9H19NO3S/c1-9(2,3)10-6-5-8(10)7-13-14(4,11)12/h8H,5-7H2,1-4H3. The minimum Gasteiger partial charge on any atom is -0.293 e. The summed E-state index contributed by atoms with van der Waals surface area (Å²) in [7, 11) is -3.29. The molecule has 1 rings (SSSR count). The third kappa shape index (κ3) is 3.22. The van der Waals surface area contributed by atoms with Gasteiger partial charge >= 0.3 is 0 Å². The second-order valence-corrected chi connectivity index (χ2v) is 6.44. The van der Waals surface area contributed by atoms with Gasteiger partial charge in [-0.25, -0.2) is 0 Å². The van der Waals surface area contributed by atoms with E-state index >= 15 is 0 Å². The summed E-state index contributed by atoms with van der Waals surface area (Å²) >= 11 is 0. The van der Waals surface area contributed by atoms with Crippen molar-refractivity contribution < 1.29 is 12.6 Å². The molecule has 84 valence electrons. The number of hydrogen-bond donors (Lipinski definition) is 0. The molecular formula is C9H19NO3S. The summed E-state index contributed by atoms with van der Waals surface area (Å²) < 4.78 is 26.4. The van der Waals surface area contributed by atoms with Gasteiger partial charge in [-0.3, -0.25) is 9.08 Å². The van der Waals surface area contributed by atoms with E-state index in [2.05, 4.69) is 25.7 Å². The highest BCUT2D eigenvalue weighted by molar-refractivity contribution is 7.85. The molecule has 1 atom stereocenters. The summed E-state index contributed by atoms with van der Waals surface area (Å²) in [6, 6.07) is 0.254. The Morgan fingerprint density at radius 2 is 2.00 bits per heavy atom. The predicted molar refractivity (Wildman–Crippen MR) is 55.7 cm³/mol. The molecule has 1 aliphatic heterocycles. The lowest BCUT2D eigenvalue weighted by Crippen LogP contribution is -2.58. The van der Waals surface area contributed by atoms with E-state index in [9.17, 15) is 8.42 Å². The average molecular weight is 221 g/mol. The maximum atomic E-state index is 10.8. The SMILES string of the molecule is CC(C)(C)N1CCC1COS(C)(=O)=O.